The molecule has 5 heteroatoms. The molecule has 0 saturated carbocycles. The van der Waals surface area contributed by atoms with Gasteiger partial charge in [-0.15, -0.1) is 0 Å². The fourth-order valence-corrected chi connectivity index (χ4v) is 2.15. The van der Waals surface area contributed by atoms with Gasteiger partial charge in [-0.3, -0.25) is 0 Å². The van der Waals surface area contributed by atoms with Crippen molar-refractivity contribution in [1.29, 1.82) is 0 Å². The second-order valence-electron chi connectivity index (χ2n) is 4.64. The fourth-order valence-electron chi connectivity index (χ4n) is 2.15. The normalized spacial score (nSPS) is 10.1. The van der Waals surface area contributed by atoms with Crippen LogP contribution in [0.5, 0.6) is 11.5 Å². The highest BCUT2D eigenvalue weighted by Crippen LogP contribution is 2.40. The Morgan fingerprint density at radius 1 is 1.00 bits per heavy atom. The Morgan fingerprint density at radius 3 is 1.95 bits per heavy atom. The van der Waals surface area contributed by atoms with Gasteiger partial charge in [0.15, 0.2) is 0 Å². The van der Waals surface area contributed by atoms with Crippen molar-refractivity contribution in [3.63, 3.8) is 0 Å². The smallest absolute Gasteiger partial charge is 0.437 e. The molecule has 0 spiro atoms. The summed E-state index contributed by atoms with van der Waals surface area (Å²) in [6.07, 6.45) is 0.297. The average Bonchev–Trinajstić information content (AvgIpc) is 2.54. The van der Waals surface area contributed by atoms with E-state index in [9.17, 15) is 9.59 Å². The lowest BCUT2D eigenvalue weighted by atomic mass is 9.99. The number of ether oxygens (including phenoxy) is 3. The van der Waals surface area contributed by atoms with Gasteiger partial charge in [0.25, 0.3) is 0 Å². The van der Waals surface area contributed by atoms with Crippen LogP contribution in [0.15, 0.2) is 36.9 Å². The lowest BCUT2D eigenvalue weighted by Gasteiger charge is -2.16. The minimum absolute atomic E-state index is 0.387. The van der Waals surface area contributed by atoms with E-state index in [1.165, 1.54) is 7.11 Å². The fraction of sp³-hybridized carbons (Fsp3) is 0.176. The molecule has 0 aromatic heterocycles. The molecule has 0 heterocycles. The Labute approximate surface area is 128 Å². The summed E-state index contributed by atoms with van der Waals surface area (Å²) in [6.45, 7) is 6.97. The summed E-state index contributed by atoms with van der Waals surface area (Å²) in [5.41, 5.74) is 1.39. The van der Waals surface area contributed by atoms with E-state index in [1.807, 2.05) is 6.07 Å². The monoisotopic (exact) mass is 300 g/mol. The standard InChI is InChI=1S/C17H16O5/c1-5-14(18)21-15-10(2)11(3)16(22-17(19)20-4)13-9-7-6-8-12(13)15/h5-9H,1H2,2-4H3. The summed E-state index contributed by atoms with van der Waals surface area (Å²) in [5, 5.41) is 1.32. The third-order valence-electron chi connectivity index (χ3n) is 3.38. The van der Waals surface area contributed by atoms with Crippen LogP contribution in [0.2, 0.25) is 0 Å². The van der Waals surface area contributed by atoms with Gasteiger partial charge < -0.3 is 14.2 Å². The molecule has 2 aromatic carbocycles. The van der Waals surface area contributed by atoms with Crippen LogP contribution in [0.25, 0.3) is 10.8 Å². The number of benzene rings is 2. The summed E-state index contributed by atoms with van der Waals surface area (Å²) < 4.78 is 15.1. The van der Waals surface area contributed by atoms with Gasteiger partial charge in [0.2, 0.25) is 0 Å². The van der Waals surface area contributed by atoms with E-state index in [4.69, 9.17) is 9.47 Å². The lowest BCUT2D eigenvalue weighted by molar-refractivity contribution is -0.128. The van der Waals surface area contributed by atoms with Crippen molar-refractivity contribution >= 4 is 22.9 Å². The van der Waals surface area contributed by atoms with Gasteiger partial charge in [0.05, 0.1) is 7.11 Å². The number of esters is 1. The molecule has 2 rings (SSSR count). The number of hydrogen-bond acceptors (Lipinski definition) is 5. The Kier molecular flexibility index (Phi) is 4.46. The SMILES string of the molecule is C=CC(=O)Oc1c(C)c(C)c(OC(=O)OC)c2ccccc12. The van der Waals surface area contributed by atoms with Crippen molar-refractivity contribution < 1.29 is 23.8 Å². The Bertz CT molecular complexity index is 761. The number of carbonyl (C=O) groups excluding carboxylic acids is 2. The number of fused-ring (bicyclic) bond motifs is 1. The first-order chi connectivity index (χ1) is 10.5. The first-order valence-electron chi connectivity index (χ1n) is 6.61. The molecule has 0 aliphatic heterocycles. The molecule has 0 N–H and O–H groups in total. The van der Waals surface area contributed by atoms with Crippen LogP contribution < -0.4 is 9.47 Å². The minimum Gasteiger partial charge on any atom is -0.437 e. The van der Waals surface area contributed by atoms with Gasteiger partial charge in [-0.1, -0.05) is 30.8 Å². The van der Waals surface area contributed by atoms with Crippen molar-refractivity contribution in [2.45, 2.75) is 13.8 Å². The Hall–Kier alpha value is -2.82. The van der Waals surface area contributed by atoms with Crippen molar-refractivity contribution in [3.8, 4) is 11.5 Å². The summed E-state index contributed by atoms with van der Waals surface area (Å²) in [5.74, 6) is 0.267. The highest BCUT2D eigenvalue weighted by atomic mass is 16.7. The zero-order valence-corrected chi connectivity index (χ0v) is 12.6. The quantitative estimate of drug-likeness (QED) is 0.374. The van der Waals surface area contributed by atoms with E-state index in [0.717, 1.165) is 6.08 Å². The van der Waals surface area contributed by atoms with E-state index >= 15 is 0 Å². The van der Waals surface area contributed by atoms with Crippen LogP contribution in [-0.2, 0) is 9.53 Å². The number of methoxy groups -OCH3 is 1. The lowest BCUT2D eigenvalue weighted by Crippen LogP contribution is -2.11. The van der Waals surface area contributed by atoms with Gasteiger partial charge in [-0.25, -0.2) is 9.59 Å². The molecule has 0 saturated heterocycles. The molecule has 2 aromatic rings. The molecule has 22 heavy (non-hydrogen) atoms. The first-order valence-corrected chi connectivity index (χ1v) is 6.61. The maximum Gasteiger partial charge on any atom is 0.513 e. The molecule has 0 bridgehead atoms. The zero-order chi connectivity index (χ0) is 16.3. The summed E-state index contributed by atoms with van der Waals surface area (Å²) in [6, 6.07) is 7.19. The second-order valence-corrected chi connectivity index (χ2v) is 4.64. The zero-order valence-electron chi connectivity index (χ0n) is 12.6. The minimum atomic E-state index is -0.802. The molecular weight excluding hydrogens is 284 g/mol. The molecule has 0 atom stereocenters. The third-order valence-corrected chi connectivity index (χ3v) is 3.38. The van der Waals surface area contributed by atoms with Crippen molar-refractivity contribution in [2.24, 2.45) is 0 Å². The van der Waals surface area contributed by atoms with Gasteiger partial charge in [0.1, 0.15) is 11.5 Å². The van der Waals surface area contributed by atoms with E-state index in [0.29, 0.717) is 33.4 Å². The predicted molar refractivity (Wildman–Crippen MR) is 82.3 cm³/mol. The van der Waals surface area contributed by atoms with E-state index in [-0.39, 0.29) is 0 Å². The molecule has 0 unspecified atom stereocenters. The second kappa shape index (κ2) is 6.30. The van der Waals surface area contributed by atoms with Crippen molar-refractivity contribution in [3.05, 3.63) is 48.0 Å². The Balaban J connectivity index is 2.71. The van der Waals surface area contributed by atoms with Gasteiger partial charge in [-0.05, 0) is 25.0 Å². The molecular formula is C17H16O5. The Morgan fingerprint density at radius 2 is 1.50 bits per heavy atom. The van der Waals surface area contributed by atoms with E-state index in [1.54, 1.807) is 32.0 Å². The van der Waals surface area contributed by atoms with Crippen molar-refractivity contribution in [1.82, 2.24) is 0 Å². The molecule has 0 aliphatic carbocycles. The summed E-state index contributed by atoms with van der Waals surface area (Å²) in [7, 11) is 1.24. The number of carbonyl (C=O) groups is 2. The van der Waals surface area contributed by atoms with Gasteiger partial charge >= 0.3 is 12.1 Å². The van der Waals surface area contributed by atoms with Gasteiger partial charge in [-0.2, -0.15) is 0 Å². The third kappa shape index (κ3) is 2.79. The van der Waals surface area contributed by atoms with Crippen LogP contribution in [0, 0.1) is 13.8 Å². The van der Waals surface area contributed by atoms with Crippen LogP contribution in [-0.4, -0.2) is 19.2 Å². The summed E-state index contributed by atoms with van der Waals surface area (Å²) >= 11 is 0. The van der Waals surface area contributed by atoms with Crippen LogP contribution in [0.3, 0.4) is 0 Å². The molecule has 5 nitrogen and oxygen atoms in total. The predicted octanol–water partition coefficient (Wildman–Crippen LogP) is 3.69. The van der Waals surface area contributed by atoms with Crippen LogP contribution in [0.4, 0.5) is 4.79 Å². The molecule has 0 fully saturated rings. The van der Waals surface area contributed by atoms with Gasteiger partial charge in [0, 0.05) is 16.8 Å². The summed E-state index contributed by atoms with van der Waals surface area (Å²) in [4.78, 5) is 23.0. The van der Waals surface area contributed by atoms with E-state index in [2.05, 4.69) is 11.3 Å². The molecule has 114 valence electrons. The first kappa shape index (κ1) is 15.6. The average molecular weight is 300 g/mol. The van der Waals surface area contributed by atoms with Crippen LogP contribution in [0.1, 0.15) is 11.1 Å². The molecule has 0 aliphatic rings. The number of rotatable bonds is 3. The van der Waals surface area contributed by atoms with Crippen LogP contribution >= 0.6 is 0 Å². The highest BCUT2D eigenvalue weighted by Gasteiger charge is 2.19. The molecule has 0 amide bonds. The maximum atomic E-state index is 11.6. The van der Waals surface area contributed by atoms with Crippen molar-refractivity contribution in [2.75, 3.05) is 7.11 Å². The maximum absolute atomic E-state index is 11.6. The largest absolute Gasteiger partial charge is 0.513 e. The number of hydrogen-bond donors (Lipinski definition) is 0. The highest BCUT2D eigenvalue weighted by molar-refractivity contribution is 5.99. The molecule has 0 radical (unpaired) electrons. The topological polar surface area (TPSA) is 61.8 Å². The van der Waals surface area contributed by atoms with E-state index < -0.39 is 12.1 Å².